The summed E-state index contributed by atoms with van der Waals surface area (Å²) in [4.78, 5) is 23.1. The molecule has 2 aromatic rings. The van der Waals surface area contributed by atoms with Crippen LogP contribution in [0.2, 0.25) is 0 Å². The topological polar surface area (TPSA) is 64.6 Å². The van der Waals surface area contributed by atoms with Gasteiger partial charge in [-0.05, 0) is 44.4 Å². The molecule has 0 aromatic carbocycles. The van der Waals surface area contributed by atoms with Crippen molar-refractivity contribution in [1.82, 2.24) is 9.97 Å². The van der Waals surface area contributed by atoms with Crippen molar-refractivity contribution in [2.75, 3.05) is 11.4 Å². The van der Waals surface area contributed by atoms with Crippen molar-refractivity contribution >= 4 is 11.6 Å². The molecule has 3 heterocycles. The number of pyridine rings is 2. The van der Waals surface area contributed by atoms with Gasteiger partial charge in [-0.15, -0.1) is 0 Å². The zero-order valence-electron chi connectivity index (χ0n) is 13.5. The molecule has 1 atom stereocenters. The first-order valence-electron chi connectivity index (χ1n) is 8.27. The third kappa shape index (κ3) is 2.79. The van der Waals surface area contributed by atoms with E-state index in [0.717, 1.165) is 12.8 Å². The number of fused-ring (bicyclic) bond motifs is 1. The Labute approximate surface area is 140 Å². The zero-order chi connectivity index (χ0) is 16.5. The van der Waals surface area contributed by atoms with Crippen molar-refractivity contribution in [1.29, 1.82) is 0 Å². The summed E-state index contributed by atoms with van der Waals surface area (Å²) < 4.78 is 11.5. The van der Waals surface area contributed by atoms with Gasteiger partial charge in [0, 0.05) is 24.0 Å². The second-order valence-electron chi connectivity index (χ2n) is 6.23. The molecular weight excluding hydrogens is 306 g/mol. The SMILES string of the molecule is CC1CN(C(=O)c2ccnc(OC3CCC3)c2)c2cccnc2O1. The molecule has 4 rings (SSSR count). The Hall–Kier alpha value is -2.63. The summed E-state index contributed by atoms with van der Waals surface area (Å²) in [6.07, 6.45) is 6.71. The van der Waals surface area contributed by atoms with Gasteiger partial charge < -0.3 is 9.47 Å². The molecule has 0 radical (unpaired) electrons. The van der Waals surface area contributed by atoms with Crippen molar-refractivity contribution < 1.29 is 14.3 Å². The number of carbonyl (C=O) groups excluding carboxylic acids is 1. The Morgan fingerprint density at radius 3 is 2.96 bits per heavy atom. The molecular formula is C18H19N3O3. The first kappa shape index (κ1) is 14.9. The molecule has 2 aromatic heterocycles. The monoisotopic (exact) mass is 325 g/mol. The van der Waals surface area contributed by atoms with E-state index < -0.39 is 0 Å². The van der Waals surface area contributed by atoms with E-state index in [1.165, 1.54) is 6.42 Å². The van der Waals surface area contributed by atoms with Crippen LogP contribution in [0.1, 0.15) is 36.5 Å². The van der Waals surface area contributed by atoms with Crippen molar-refractivity contribution in [3.8, 4) is 11.8 Å². The quantitative estimate of drug-likeness (QED) is 0.868. The standard InChI is InChI=1S/C18H19N3O3/c1-12-11-21(15-6-3-8-20-17(15)23-12)18(22)13-7-9-19-16(10-13)24-14-4-2-5-14/h3,6-10,12,14H,2,4-5,11H2,1H3. The molecule has 0 N–H and O–H groups in total. The van der Waals surface area contributed by atoms with Crippen molar-refractivity contribution in [3.05, 3.63) is 42.2 Å². The molecule has 124 valence electrons. The highest BCUT2D eigenvalue weighted by Gasteiger charge is 2.29. The highest BCUT2D eigenvalue weighted by Crippen LogP contribution is 2.32. The Balaban J connectivity index is 1.60. The third-order valence-corrected chi connectivity index (χ3v) is 4.36. The van der Waals surface area contributed by atoms with E-state index in [9.17, 15) is 4.79 Å². The molecule has 24 heavy (non-hydrogen) atoms. The summed E-state index contributed by atoms with van der Waals surface area (Å²) in [5.74, 6) is 0.906. The van der Waals surface area contributed by atoms with Crippen LogP contribution in [-0.2, 0) is 0 Å². The predicted molar refractivity (Wildman–Crippen MR) is 88.5 cm³/mol. The highest BCUT2D eigenvalue weighted by molar-refractivity contribution is 6.07. The van der Waals surface area contributed by atoms with E-state index in [1.807, 2.05) is 13.0 Å². The smallest absolute Gasteiger partial charge is 0.258 e. The Bertz CT molecular complexity index is 761. The Morgan fingerprint density at radius 2 is 2.17 bits per heavy atom. The molecule has 0 saturated heterocycles. The number of rotatable bonds is 3. The lowest BCUT2D eigenvalue weighted by atomic mass is 9.96. The highest BCUT2D eigenvalue weighted by atomic mass is 16.5. The van der Waals surface area contributed by atoms with E-state index in [1.54, 1.807) is 35.5 Å². The van der Waals surface area contributed by atoms with Gasteiger partial charge >= 0.3 is 0 Å². The van der Waals surface area contributed by atoms with Crippen LogP contribution in [0.4, 0.5) is 5.69 Å². The van der Waals surface area contributed by atoms with Crippen LogP contribution in [0.15, 0.2) is 36.7 Å². The van der Waals surface area contributed by atoms with Crippen LogP contribution < -0.4 is 14.4 Å². The van der Waals surface area contributed by atoms with Gasteiger partial charge in [0.2, 0.25) is 11.8 Å². The molecule has 1 fully saturated rings. The molecule has 1 saturated carbocycles. The fourth-order valence-corrected chi connectivity index (χ4v) is 2.88. The lowest BCUT2D eigenvalue weighted by Gasteiger charge is -2.32. The van der Waals surface area contributed by atoms with Crippen LogP contribution in [0.5, 0.6) is 11.8 Å². The fraction of sp³-hybridized carbons (Fsp3) is 0.389. The van der Waals surface area contributed by atoms with Gasteiger partial charge in [0.05, 0.1) is 6.54 Å². The number of hydrogen-bond donors (Lipinski definition) is 0. The molecule has 2 aliphatic rings. The zero-order valence-corrected chi connectivity index (χ0v) is 13.5. The minimum atomic E-state index is -0.108. The van der Waals surface area contributed by atoms with Crippen LogP contribution in [-0.4, -0.2) is 34.6 Å². The molecule has 1 aliphatic carbocycles. The van der Waals surface area contributed by atoms with E-state index in [-0.39, 0.29) is 18.1 Å². The second-order valence-corrected chi connectivity index (χ2v) is 6.23. The van der Waals surface area contributed by atoms with Crippen LogP contribution in [0, 0.1) is 0 Å². The van der Waals surface area contributed by atoms with Crippen molar-refractivity contribution in [2.24, 2.45) is 0 Å². The number of aromatic nitrogens is 2. The summed E-state index contributed by atoms with van der Waals surface area (Å²) in [7, 11) is 0. The molecule has 6 nitrogen and oxygen atoms in total. The summed E-state index contributed by atoms with van der Waals surface area (Å²) >= 11 is 0. The number of nitrogens with zero attached hydrogens (tertiary/aromatic N) is 3. The fourth-order valence-electron chi connectivity index (χ4n) is 2.88. The van der Waals surface area contributed by atoms with E-state index in [2.05, 4.69) is 9.97 Å². The minimum absolute atomic E-state index is 0.0970. The maximum absolute atomic E-state index is 13.0. The minimum Gasteiger partial charge on any atom is -0.474 e. The molecule has 1 aliphatic heterocycles. The third-order valence-electron chi connectivity index (χ3n) is 4.36. The Morgan fingerprint density at radius 1 is 1.29 bits per heavy atom. The van der Waals surface area contributed by atoms with Gasteiger partial charge in [0.25, 0.3) is 5.91 Å². The summed E-state index contributed by atoms with van der Waals surface area (Å²) in [5, 5.41) is 0. The Kier molecular flexibility index (Phi) is 3.80. The van der Waals surface area contributed by atoms with E-state index in [0.29, 0.717) is 29.6 Å². The lowest BCUT2D eigenvalue weighted by Crippen LogP contribution is -2.42. The first-order valence-corrected chi connectivity index (χ1v) is 8.27. The maximum Gasteiger partial charge on any atom is 0.258 e. The van der Waals surface area contributed by atoms with Gasteiger partial charge in [0.15, 0.2) is 0 Å². The largest absolute Gasteiger partial charge is 0.474 e. The maximum atomic E-state index is 13.0. The second kappa shape index (κ2) is 6.11. The van der Waals surface area contributed by atoms with E-state index >= 15 is 0 Å². The van der Waals surface area contributed by atoms with Crippen LogP contribution >= 0.6 is 0 Å². The van der Waals surface area contributed by atoms with Gasteiger partial charge in [-0.3, -0.25) is 9.69 Å². The van der Waals surface area contributed by atoms with Gasteiger partial charge in [0.1, 0.15) is 17.9 Å². The number of hydrogen-bond acceptors (Lipinski definition) is 5. The van der Waals surface area contributed by atoms with Gasteiger partial charge in [-0.1, -0.05) is 0 Å². The van der Waals surface area contributed by atoms with Crippen LogP contribution in [0.25, 0.3) is 0 Å². The first-order chi connectivity index (χ1) is 11.7. The molecule has 6 heteroatoms. The lowest BCUT2D eigenvalue weighted by molar-refractivity contribution is 0.0953. The normalized spacial score (nSPS) is 19.9. The van der Waals surface area contributed by atoms with Gasteiger partial charge in [-0.2, -0.15) is 0 Å². The molecule has 1 unspecified atom stereocenters. The number of amides is 1. The van der Waals surface area contributed by atoms with E-state index in [4.69, 9.17) is 9.47 Å². The van der Waals surface area contributed by atoms with Crippen molar-refractivity contribution in [3.63, 3.8) is 0 Å². The number of carbonyl (C=O) groups is 1. The average molecular weight is 325 g/mol. The summed E-state index contributed by atoms with van der Waals surface area (Å²) in [6, 6.07) is 7.08. The van der Waals surface area contributed by atoms with Crippen LogP contribution in [0.3, 0.4) is 0 Å². The summed E-state index contributed by atoms with van der Waals surface area (Å²) in [6.45, 7) is 2.41. The number of anilines is 1. The summed E-state index contributed by atoms with van der Waals surface area (Å²) in [5.41, 5.74) is 1.25. The van der Waals surface area contributed by atoms with Crippen molar-refractivity contribution in [2.45, 2.75) is 38.4 Å². The predicted octanol–water partition coefficient (Wildman–Crippen LogP) is 2.84. The van der Waals surface area contributed by atoms with Gasteiger partial charge in [-0.25, -0.2) is 9.97 Å². The molecule has 0 spiro atoms. The molecule has 1 amide bonds. The molecule has 0 bridgehead atoms. The number of ether oxygens (including phenoxy) is 2. The average Bonchev–Trinajstić information content (AvgIpc) is 2.57.